The summed E-state index contributed by atoms with van der Waals surface area (Å²) in [6.45, 7) is 4.01. The fourth-order valence-corrected chi connectivity index (χ4v) is 6.16. The minimum atomic E-state index is -0.136. The maximum Gasteiger partial charge on any atom is 0.265 e. The lowest BCUT2D eigenvalue weighted by atomic mass is 10.1. The van der Waals surface area contributed by atoms with Gasteiger partial charge in [0.25, 0.3) is 5.91 Å². The molecule has 8 heteroatoms. The van der Waals surface area contributed by atoms with Crippen LogP contribution in [-0.4, -0.2) is 55.5 Å². The number of carbonyl (C=O) groups is 1. The van der Waals surface area contributed by atoms with Crippen LogP contribution in [0.15, 0.2) is 72.8 Å². The molecule has 4 aromatic rings. The van der Waals surface area contributed by atoms with E-state index in [0.717, 1.165) is 46.6 Å². The van der Waals surface area contributed by atoms with Gasteiger partial charge in [0.1, 0.15) is 10.6 Å². The largest absolute Gasteiger partial charge is 0.497 e. The summed E-state index contributed by atoms with van der Waals surface area (Å²) in [7, 11) is 1.66. The molecule has 5 rings (SSSR count). The molecule has 0 saturated carbocycles. The van der Waals surface area contributed by atoms with Crippen molar-refractivity contribution in [1.29, 1.82) is 0 Å². The number of thiophene rings is 1. The molecular formula is C29H28Cl2N2O3S. The van der Waals surface area contributed by atoms with Crippen molar-refractivity contribution >= 4 is 50.5 Å². The zero-order chi connectivity index (χ0) is 25.8. The number of hydrogen-bond acceptors (Lipinski definition) is 5. The number of fused-ring (bicyclic) bond motifs is 1. The van der Waals surface area contributed by atoms with Crippen LogP contribution in [-0.2, 0) is 11.3 Å². The molecule has 3 aromatic carbocycles. The van der Waals surface area contributed by atoms with E-state index < -0.39 is 0 Å². The van der Waals surface area contributed by atoms with E-state index in [-0.39, 0.29) is 12.0 Å². The van der Waals surface area contributed by atoms with Crippen LogP contribution in [0.25, 0.3) is 10.1 Å². The van der Waals surface area contributed by atoms with Gasteiger partial charge in [-0.1, -0.05) is 65.7 Å². The lowest BCUT2D eigenvalue weighted by Gasteiger charge is -2.36. The van der Waals surface area contributed by atoms with Crippen LogP contribution in [0.5, 0.6) is 5.75 Å². The molecule has 1 fully saturated rings. The summed E-state index contributed by atoms with van der Waals surface area (Å²) in [5.74, 6) is 0.818. The fraction of sp³-hybridized carbons (Fsp3) is 0.276. The zero-order valence-electron chi connectivity index (χ0n) is 20.5. The number of methoxy groups -OCH3 is 1. The normalized spacial score (nSPS) is 15.2. The van der Waals surface area contributed by atoms with Crippen LogP contribution in [0.4, 0.5) is 0 Å². The van der Waals surface area contributed by atoms with E-state index in [1.54, 1.807) is 7.11 Å². The monoisotopic (exact) mass is 554 g/mol. The number of carbonyl (C=O) groups excluding carboxylic acids is 1. The molecule has 1 atom stereocenters. The summed E-state index contributed by atoms with van der Waals surface area (Å²) in [5, 5.41) is 2.19. The van der Waals surface area contributed by atoms with Crippen LogP contribution >= 0.6 is 34.5 Å². The molecule has 0 bridgehead atoms. The molecule has 1 unspecified atom stereocenters. The molecule has 0 aliphatic carbocycles. The van der Waals surface area contributed by atoms with Crippen LogP contribution in [0, 0.1) is 0 Å². The Morgan fingerprint density at radius 3 is 2.46 bits per heavy atom. The van der Waals surface area contributed by atoms with Crippen molar-refractivity contribution < 1.29 is 14.3 Å². The molecule has 1 aliphatic rings. The summed E-state index contributed by atoms with van der Waals surface area (Å²) in [4.78, 5) is 18.1. The lowest BCUT2D eigenvalue weighted by Crippen LogP contribution is -2.49. The van der Waals surface area contributed by atoms with E-state index in [9.17, 15) is 4.79 Å². The topological polar surface area (TPSA) is 42.0 Å². The van der Waals surface area contributed by atoms with E-state index in [2.05, 4.69) is 4.90 Å². The van der Waals surface area contributed by atoms with Gasteiger partial charge in [0, 0.05) is 47.8 Å². The van der Waals surface area contributed by atoms with Gasteiger partial charge in [-0.2, -0.15) is 0 Å². The number of amides is 1. The number of halogens is 2. The van der Waals surface area contributed by atoms with Crippen molar-refractivity contribution in [2.45, 2.75) is 12.7 Å². The third-order valence-corrected chi connectivity index (χ3v) is 8.56. The van der Waals surface area contributed by atoms with E-state index >= 15 is 0 Å². The Kier molecular flexibility index (Phi) is 8.33. The Labute approximate surface area is 231 Å². The molecule has 1 saturated heterocycles. The second-order valence-electron chi connectivity index (χ2n) is 9.04. The third kappa shape index (κ3) is 6.11. The smallest absolute Gasteiger partial charge is 0.265 e. The Bertz CT molecular complexity index is 1370. The molecule has 192 valence electrons. The highest BCUT2D eigenvalue weighted by Gasteiger charge is 2.27. The number of hydrogen-bond donors (Lipinski definition) is 0. The van der Waals surface area contributed by atoms with Crippen LogP contribution in [0.2, 0.25) is 10.0 Å². The van der Waals surface area contributed by atoms with Crippen LogP contribution in [0.3, 0.4) is 0 Å². The Hall–Kier alpha value is -2.61. The quantitative estimate of drug-likeness (QED) is 0.236. The van der Waals surface area contributed by atoms with Gasteiger partial charge < -0.3 is 14.4 Å². The molecule has 0 spiro atoms. The number of nitrogens with zero attached hydrogens (tertiary/aromatic N) is 2. The number of piperazine rings is 1. The molecule has 1 aliphatic heterocycles. The summed E-state index contributed by atoms with van der Waals surface area (Å²) in [6.07, 6.45) is -0.136. The van der Waals surface area contributed by atoms with E-state index in [1.165, 1.54) is 11.3 Å². The van der Waals surface area contributed by atoms with Crippen molar-refractivity contribution in [2.75, 3.05) is 39.8 Å². The van der Waals surface area contributed by atoms with Gasteiger partial charge in [0.2, 0.25) is 0 Å². The predicted octanol–water partition coefficient (Wildman–Crippen LogP) is 6.93. The van der Waals surface area contributed by atoms with Crippen molar-refractivity contribution in [1.82, 2.24) is 9.80 Å². The van der Waals surface area contributed by atoms with Crippen LogP contribution < -0.4 is 4.74 Å². The minimum Gasteiger partial charge on any atom is -0.497 e. The van der Waals surface area contributed by atoms with Gasteiger partial charge in [-0.3, -0.25) is 9.69 Å². The third-order valence-electron chi connectivity index (χ3n) is 6.64. The Morgan fingerprint density at radius 1 is 0.973 bits per heavy atom. The first-order valence-corrected chi connectivity index (χ1v) is 13.8. The fourth-order valence-electron chi connectivity index (χ4n) is 4.55. The molecule has 0 N–H and O–H groups in total. The van der Waals surface area contributed by atoms with Crippen molar-refractivity contribution in [3.8, 4) is 5.75 Å². The second kappa shape index (κ2) is 11.8. The molecule has 1 aromatic heterocycles. The van der Waals surface area contributed by atoms with Crippen molar-refractivity contribution in [3.05, 3.63) is 98.8 Å². The first-order chi connectivity index (χ1) is 18.0. The summed E-state index contributed by atoms with van der Waals surface area (Å²) >= 11 is 14.2. The first kappa shape index (κ1) is 26.0. The molecule has 5 nitrogen and oxygen atoms in total. The minimum absolute atomic E-state index is 0.00868. The molecule has 2 heterocycles. The molecular weight excluding hydrogens is 527 g/mol. The highest BCUT2D eigenvalue weighted by atomic mass is 35.5. The summed E-state index contributed by atoms with van der Waals surface area (Å²) in [5.41, 5.74) is 2.12. The Morgan fingerprint density at radius 2 is 1.73 bits per heavy atom. The molecule has 0 radical (unpaired) electrons. The number of benzene rings is 3. The number of rotatable bonds is 8. The highest BCUT2D eigenvalue weighted by molar-refractivity contribution is 7.21. The average Bonchev–Trinajstić information content (AvgIpc) is 3.28. The van der Waals surface area contributed by atoms with Crippen molar-refractivity contribution in [3.63, 3.8) is 0 Å². The van der Waals surface area contributed by atoms with Gasteiger partial charge >= 0.3 is 0 Å². The maximum absolute atomic E-state index is 13.3. The van der Waals surface area contributed by atoms with Gasteiger partial charge in [-0.05, 0) is 41.5 Å². The Balaban J connectivity index is 1.24. The van der Waals surface area contributed by atoms with Gasteiger partial charge in [0.05, 0.1) is 24.8 Å². The highest BCUT2D eigenvalue weighted by Crippen LogP contribution is 2.36. The summed E-state index contributed by atoms with van der Waals surface area (Å²) < 4.78 is 12.8. The van der Waals surface area contributed by atoms with Gasteiger partial charge in [-0.25, -0.2) is 0 Å². The average molecular weight is 556 g/mol. The first-order valence-electron chi connectivity index (χ1n) is 12.2. The SMILES string of the molecule is COc1cccc(COC(CN2CCN(C(=O)c3sc4ccccc4c3Cl)CC2)c2ccc(Cl)cc2)c1. The lowest BCUT2D eigenvalue weighted by molar-refractivity contribution is 0.00343. The van der Waals surface area contributed by atoms with Gasteiger partial charge in [-0.15, -0.1) is 11.3 Å². The second-order valence-corrected chi connectivity index (χ2v) is 10.9. The molecule has 1 amide bonds. The van der Waals surface area contributed by atoms with E-state index in [0.29, 0.717) is 34.6 Å². The van der Waals surface area contributed by atoms with Crippen LogP contribution in [0.1, 0.15) is 26.9 Å². The number of ether oxygens (including phenoxy) is 2. The zero-order valence-corrected chi connectivity index (χ0v) is 22.9. The van der Waals surface area contributed by atoms with E-state index in [1.807, 2.05) is 77.7 Å². The predicted molar refractivity (Wildman–Crippen MR) is 151 cm³/mol. The standard InChI is InChI=1S/C29H28Cl2N2O3S/c1-35-23-6-4-5-20(17-23)19-36-25(21-9-11-22(30)12-10-21)18-32-13-15-33(16-14-32)29(34)28-27(31)24-7-2-3-8-26(24)37-28/h2-12,17,25H,13-16,18-19H2,1H3. The van der Waals surface area contributed by atoms with E-state index in [4.69, 9.17) is 32.7 Å². The maximum atomic E-state index is 13.3. The summed E-state index contributed by atoms with van der Waals surface area (Å²) in [6, 6.07) is 23.6. The molecule has 37 heavy (non-hydrogen) atoms. The van der Waals surface area contributed by atoms with Gasteiger partial charge in [0.15, 0.2) is 0 Å². The van der Waals surface area contributed by atoms with Crippen molar-refractivity contribution in [2.24, 2.45) is 0 Å².